The van der Waals surface area contributed by atoms with Crippen molar-refractivity contribution in [2.45, 2.75) is 45.4 Å². The number of fused-ring (bicyclic) bond motifs is 4. The van der Waals surface area contributed by atoms with Gasteiger partial charge in [0.05, 0.1) is 37.6 Å². The van der Waals surface area contributed by atoms with Gasteiger partial charge in [-0.15, -0.1) is 11.3 Å². The van der Waals surface area contributed by atoms with E-state index in [0.717, 1.165) is 46.4 Å². The van der Waals surface area contributed by atoms with Gasteiger partial charge in [-0.3, -0.25) is 9.36 Å². The Labute approximate surface area is 177 Å². The van der Waals surface area contributed by atoms with Crippen molar-refractivity contribution in [2.24, 2.45) is 5.92 Å². The minimum atomic E-state index is -0.801. The summed E-state index contributed by atoms with van der Waals surface area (Å²) in [5, 5.41) is 11.1. The summed E-state index contributed by atoms with van der Waals surface area (Å²) in [5.41, 5.74) is 2.03. The Morgan fingerprint density at radius 3 is 3.13 bits per heavy atom. The second kappa shape index (κ2) is 8.02. The van der Waals surface area contributed by atoms with Gasteiger partial charge in [0.2, 0.25) is 6.79 Å². The number of aliphatic hydroxyl groups excluding tert-OH is 1. The Morgan fingerprint density at radius 2 is 2.23 bits per heavy atom. The van der Waals surface area contributed by atoms with Gasteiger partial charge in [-0.1, -0.05) is 13.0 Å². The summed E-state index contributed by atoms with van der Waals surface area (Å²) in [6, 6.07) is 5.63. The van der Waals surface area contributed by atoms with Crippen LogP contribution >= 0.6 is 11.3 Å². The minimum Gasteiger partial charge on any atom is -0.454 e. The number of benzene rings is 1. The number of hydrogen-bond acceptors (Lipinski definition) is 7. The molecule has 0 amide bonds. The Morgan fingerprint density at radius 1 is 1.37 bits per heavy atom. The number of ether oxygens (including phenoxy) is 3. The van der Waals surface area contributed by atoms with E-state index >= 15 is 0 Å². The van der Waals surface area contributed by atoms with Crippen molar-refractivity contribution in [1.82, 2.24) is 9.55 Å². The number of nitrogens with zero attached hydrogens (tertiary/aromatic N) is 2. The molecule has 7 nitrogen and oxygen atoms in total. The first kappa shape index (κ1) is 19.5. The number of aryl methyl sites for hydroxylation is 1. The number of aliphatic hydroxyl groups is 1. The van der Waals surface area contributed by atoms with E-state index in [9.17, 15) is 9.90 Å². The largest absolute Gasteiger partial charge is 0.454 e. The van der Waals surface area contributed by atoms with Crippen molar-refractivity contribution >= 4 is 21.6 Å². The van der Waals surface area contributed by atoms with Crippen LogP contribution < -0.4 is 15.0 Å². The summed E-state index contributed by atoms with van der Waals surface area (Å²) in [6.07, 6.45) is 3.79. The maximum absolute atomic E-state index is 13.0. The molecule has 0 spiro atoms. The second-order valence-electron chi connectivity index (χ2n) is 8.09. The molecule has 158 valence electrons. The predicted octanol–water partition coefficient (Wildman–Crippen LogP) is 2.89. The van der Waals surface area contributed by atoms with Crippen molar-refractivity contribution < 1.29 is 19.3 Å². The molecule has 2 atom stereocenters. The molecule has 1 aromatic carbocycles. The van der Waals surface area contributed by atoms with Gasteiger partial charge in [0.15, 0.2) is 11.5 Å². The SMILES string of the molecule is C[C@@H]1CCc2c(sc3ncn(C[C@@H](O)COCc4ccc5c(c4)OCO5)c(=O)c23)C1. The van der Waals surface area contributed by atoms with E-state index in [1.54, 1.807) is 11.3 Å². The first-order valence-electron chi connectivity index (χ1n) is 10.2. The highest BCUT2D eigenvalue weighted by atomic mass is 32.1. The molecule has 0 unspecified atom stereocenters. The summed E-state index contributed by atoms with van der Waals surface area (Å²) < 4.78 is 17.8. The van der Waals surface area contributed by atoms with Gasteiger partial charge in [-0.05, 0) is 48.4 Å². The van der Waals surface area contributed by atoms with E-state index in [4.69, 9.17) is 14.2 Å². The summed E-state index contributed by atoms with van der Waals surface area (Å²) in [7, 11) is 0. The summed E-state index contributed by atoms with van der Waals surface area (Å²) >= 11 is 1.63. The lowest BCUT2D eigenvalue weighted by molar-refractivity contribution is 0.0198. The molecule has 2 aliphatic rings. The zero-order valence-electron chi connectivity index (χ0n) is 16.8. The lowest BCUT2D eigenvalue weighted by Crippen LogP contribution is -2.29. The molecule has 0 saturated carbocycles. The zero-order valence-corrected chi connectivity index (χ0v) is 17.6. The van der Waals surface area contributed by atoms with Crippen LogP contribution in [0.2, 0.25) is 0 Å². The van der Waals surface area contributed by atoms with E-state index < -0.39 is 6.10 Å². The van der Waals surface area contributed by atoms with Gasteiger partial charge >= 0.3 is 0 Å². The molecular weight excluding hydrogens is 404 g/mol. The predicted molar refractivity (Wildman–Crippen MR) is 113 cm³/mol. The van der Waals surface area contributed by atoms with Crippen LogP contribution in [0.1, 0.15) is 29.3 Å². The highest BCUT2D eigenvalue weighted by Gasteiger charge is 2.23. The Bertz CT molecular complexity index is 1140. The fraction of sp³-hybridized carbons (Fsp3) is 0.455. The Balaban J connectivity index is 1.24. The number of aromatic nitrogens is 2. The van der Waals surface area contributed by atoms with Gasteiger partial charge in [0.1, 0.15) is 4.83 Å². The van der Waals surface area contributed by atoms with Crippen molar-refractivity contribution in [3.63, 3.8) is 0 Å². The van der Waals surface area contributed by atoms with Crippen LogP contribution in [0.4, 0.5) is 0 Å². The third-order valence-electron chi connectivity index (χ3n) is 5.71. The molecular formula is C22H24N2O5S. The summed E-state index contributed by atoms with van der Waals surface area (Å²) in [5.74, 6) is 2.08. The average Bonchev–Trinajstić information content (AvgIpc) is 3.33. The zero-order chi connectivity index (χ0) is 20.7. The van der Waals surface area contributed by atoms with Crippen LogP contribution in [-0.4, -0.2) is 34.2 Å². The van der Waals surface area contributed by atoms with Crippen molar-refractivity contribution in [1.29, 1.82) is 0 Å². The number of thiophene rings is 1. The molecule has 1 aliphatic carbocycles. The van der Waals surface area contributed by atoms with Crippen LogP contribution in [0, 0.1) is 5.92 Å². The van der Waals surface area contributed by atoms with Crippen molar-refractivity contribution in [3.8, 4) is 11.5 Å². The maximum Gasteiger partial charge on any atom is 0.262 e. The lowest BCUT2D eigenvalue weighted by atomic mass is 9.89. The molecule has 2 aromatic heterocycles. The monoisotopic (exact) mass is 428 g/mol. The molecule has 3 heterocycles. The van der Waals surface area contributed by atoms with Crippen LogP contribution in [0.5, 0.6) is 11.5 Å². The quantitative estimate of drug-likeness (QED) is 0.650. The highest BCUT2D eigenvalue weighted by Crippen LogP contribution is 2.35. The van der Waals surface area contributed by atoms with E-state index in [0.29, 0.717) is 18.3 Å². The first-order chi connectivity index (χ1) is 14.6. The fourth-order valence-corrected chi connectivity index (χ4v) is 5.46. The summed E-state index contributed by atoms with van der Waals surface area (Å²) in [4.78, 5) is 19.6. The highest BCUT2D eigenvalue weighted by molar-refractivity contribution is 7.18. The molecule has 0 fully saturated rings. The topological polar surface area (TPSA) is 82.8 Å². The Kier molecular flexibility index (Phi) is 5.22. The van der Waals surface area contributed by atoms with Gasteiger partial charge < -0.3 is 19.3 Å². The van der Waals surface area contributed by atoms with Gasteiger partial charge in [0, 0.05) is 4.88 Å². The maximum atomic E-state index is 13.0. The first-order valence-corrected chi connectivity index (χ1v) is 11.0. The van der Waals surface area contributed by atoms with E-state index in [2.05, 4.69) is 11.9 Å². The smallest absolute Gasteiger partial charge is 0.262 e. The van der Waals surface area contributed by atoms with E-state index in [1.165, 1.54) is 15.8 Å². The van der Waals surface area contributed by atoms with Gasteiger partial charge in [-0.25, -0.2) is 4.98 Å². The summed E-state index contributed by atoms with van der Waals surface area (Å²) in [6.45, 7) is 3.11. The molecule has 30 heavy (non-hydrogen) atoms. The molecule has 0 bridgehead atoms. The van der Waals surface area contributed by atoms with Crippen molar-refractivity contribution in [2.75, 3.05) is 13.4 Å². The average molecular weight is 429 g/mol. The van der Waals surface area contributed by atoms with E-state index in [1.807, 2.05) is 18.2 Å². The molecule has 1 N–H and O–H groups in total. The number of hydrogen-bond donors (Lipinski definition) is 1. The van der Waals surface area contributed by atoms with E-state index in [-0.39, 0.29) is 25.5 Å². The van der Waals surface area contributed by atoms with Gasteiger partial charge in [-0.2, -0.15) is 0 Å². The standard InChI is InChI=1S/C22H24N2O5S/c1-13-2-4-16-19(6-13)30-21-20(16)22(26)24(11-23-21)8-15(25)10-27-9-14-3-5-17-18(7-14)29-12-28-17/h3,5,7,11,13,15,25H,2,4,6,8-10,12H2,1H3/t13-,15-/m1/s1. The second-order valence-corrected chi connectivity index (χ2v) is 9.17. The molecule has 0 radical (unpaired) electrons. The van der Waals surface area contributed by atoms with Crippen LogP contribution in [-0.2, 0) is 30.7 Å². The third-order valence-corrected chi connectivity index (χ3v) is 6.87. The molecule has 5 rings (SSSR count). The molecule has 1 aliphatic heterocycles. The van der Waals surface area contributed by atoms with Crippen molar-refractivity contribution in [3.05, 3.63) is 50.9 Å². The number of rotatable bonds is 6. The Hall–Kier alpha value is -2.42. The molecule has 8 heteroatoms. The van der Waals surface area contributed by atoms with Crippen LogP contribution in [0.3, 0.4) is 0 Å². The van der Waals surface area contributed by atoms with Crippen LogP contribution in [0.25, 0.3) is 10.2 Å². The normalized spacial score (nSPS) is 18.5. The fourth-order valence-electron chi connectivity index (χ4n) is 4.12. The third kappa shape index (κ3) is 3.71. The van der Waals surface area contributed by atoms with Gasteiger partial charge in [0.25, 0.3) is 5.56 Å². The lowest BCUT2D eigenvalue weighted by Gasteiger charge is -2.17. The minimum absolute atomic E-state index is 0.0677. The van der Waals surface area contributed by atoms with Crippen LogP contribution in [0.15, 0.2) is 29.3 Å². The molecule has 3 aromatic rings. The molecule has 0 saturated heterocycles.